The fourth-order valence-electron chi connectivity index (χ4n) is 2.17. The maximum Gasteiger partial charge on any atom is 0.0300 e. The Kier molecular flexibility index (Phi) is 3.94. The Morgan fingerprint density at radius 2 is 2.08 bits per heavy atom. The highest BCUT2D eigenvalue weighted by Crippen LogP contribution is 2.17. The number of piperidine rings is 1. The van der Waals surface area contributed by atoms with Crippen LogP contribution in [0.15, 0.2) is 0 Å². The first-order valence-corrected chi connectivity index (χ1v) is 6.55. The minimum absolute atomic E-state index is 0.854. The number of rotatable bonds is 2. The molecule has 1 unspecified atom stereocenters. The Hall–Kier alpha value is 0.270. The SMILES string of the molecule is C1CCN(CC2CNCCS2)CC1. The van der Waals surface area contributed by atoms with Gasteiger partial charge in [0.25, 0.3) is 0 Å². The van der Waals surface area contributed by atoms with E-state index in [0.29, 0.717) is 0 Å². The van der Waals surface area contributed by atoms with Gasteiger partial charge in [-0.3, -0.25) is 0 Å². The molecule has 76 valence electrons. The smallest absolute Gasteiger partial charge is 0.0300 e. The highest BCUT2D eigenvalue weighted by molar-refractivity contribution is 8.00. The van der Waals surface area contributed by atoms with Crippen molar-refractivity contribution in [2.75, 3.05) is 38.5 Å². The van der Waals surface area contributed by atoms with Gasteiger partial charge in [-0.05, 0) is 25.9 Å². The highest BCUT2D eigenvalue weighted by atomic mass is 32.2. The van der Waals surface area contributed by atoms with Gasteiger partial charge in [0.05, 0.1) is 0 Å². The van der Waals surface area contributed by atoms with Crippen molar-refractivity contribution in [1.29, 1.82) is 0 Å². The van der Waals surface area contributed by atoms with Crippen molar-refractivity contribution in [2.24, 2.45) is 0 Å². The van der Waals surface area contributed by atoms with Crippen molar-refractivity contribution >= 4 is 11.8 Å². The van der Waals surface area contributed by atoms with E-state index >= 15 is 0 Å². The third kappa shape index (κ3) is 3.15. The van der Waals surface area contributed by atoms with Gasteiger partial charge in [0, 0.05) is 30.6 Å². The predicted octanol–water partition coefficient (Wildman–Crippen LogP) is 1.18. The largest absolute Gasteiger partial charge is 0.315 e. The van der Waals surface area contributed by atoms with Crippen LogP contribution in [0, 0.1) is 0 Å². The number of thioether (sulfide) groups is 1. The average molecular weight is 200 g/mol. The fourth-order valence-corrected chi connectivity index (χ4v) is 3.31. The van der Waals surface area contributed by atoms with Crippen molar-refractivity contribution in [3.63, 3.8) is 0 Å². The molecule has 0 saturated carbocycles. The van der Waals surface area contributed by atoms with Gasteiger partial charge in [-0.15, -0.1) is 0 Å². The molecule has 2 aliphatic heterocycles. The second-order valence-electron chi connectivity index (χ2n) is 4.06. The van der Waals surface area contributed by atoms with Crippen LogP contribution < -0.4 is 5.32 Å². The van der Waals surface area contributed by atoms with Gasteiger partial charge < -0.3 is 10.2 Å². The lowest BCUT2D eigenvalue weighted by Crippen LogP contribution is -2.42. The monoisotopic (exact) mass is 200 g/mol. The Bertz CT molecular complexity index is 124. The highest BCUT2D eigenvalue weighted by Gasteiger charge is 2.18. The molecule has 2 saturated heterocycles. The first-order chi connectivity index (χ1) is 6.45. The molecule has 0 amide bonds. The lowest BCUT2D eigenvalue weighted by Gasteiger charge is -2.32. The van der Waals surface area contributed by atoms with Crippen LogP contribution in [0.25, 0.3) is 0 Å². The quantitative estimate of drug-likeness (QED) is 0.720. The average Bonchev–Trinajstić information content (AvgIpc) is 2.21. The second kappa shape index (κ2) is 5.23. The van der Waals surface area contributed by atoms with Crippen LogP contribution in [-0.4, -0.2) is 48.6 Å². The van der Waals surface area contributed by atoms with Gasteiger partial charge in [0.1, 0.15) is 0 Å². The molecule has 2 nitrogen and oxygen atoms in total. The Balaban J connectivity index is 1.69. The van der Waals surface area contributed by atoms with E-state index < -0.39 is 0 Å². The van der Waals surface area contributed by atoms with Gasteiger partial charge in [0.15, 0.2) is 0 Å². The third-order valence-electron chi connectivity index (χ3n) is 2.91. The molecule has 13 heavy (non-hydrogen) atoms. The summed E-state index contributed by atoms with van der Waals surface area (Å²) in [5.41, 5.74) is 0. The molecule has 2 rings (SSSR count). The number of nitrogens with zero attached hydrogens (tertiary/aromatic N) is 1. The van der Waals surface area contributed by atoms with E-state index in [4.69, 9.17) is 0 Å². The first kappa shape index (κ1) is 9.81. The molecule has 1 N–H and O–H groups in total. The standard InChI is InChI=1S/C10H20N2S/c1-2-5-12(6-3-1)9-10-8-11-4-7-13-10/h10-11H,1-9H2. The van der Waals surface area contributed by atoms with Crippen molar-refractivity contribution in [1.82, 2.24) is 10.2 Å². The molecule has 1 atom stereocenters. The molecule has 0 aliphatic carbocycles. The molecule has 0 bridgehead atoms. The van der Waals surface area contributed by atoms with E-state index in [1.165, 1.54) is 57.7 Å². The summed E-state index contributed by atoms with van der Waals surface area (Å²) in [5.74, 6) is 1.30. The number of hydrogen-bond acceptors (Lipinski definition) is 3. The molecule has 3 heteroatoms. The molecule has 0 aromatic carbocycles. The van der Waals surface area contributed by atoms with E-state index in [1.807, 2.05) is 0 Å². The van der Waals surface area contributed by atoms with Gasteiger partial charge in [-0.1, -0.05) is 6.42 Å². The topological polar surface area (TPSA) is 15.3 Å². The van der Waals surface area contributed by atoms with Crippen LogP contribution in [0.3, 0.4) is 0 Å². The summed E-state index contributed by atoms with van der Waals surface area (Å²) in [4.78, 5) is 2.65. The number of hydrogen-bond donors (Lipinski definition) is 1. The molecule has 2 heterocycles. The maximum absolute atomic E-state index is 3.48. The summed E-state index contributed by atoms with van der Waals surface area (Å²) in [6.45, 7) is 6.44. The van der Waals surface area contributed by atoms with Gasteiger partial charge in [-0.25, -0.2) is 0 Å². The van der Waals surface area contributed by atoms with Crippen LogP contribution in [-0.2, 0) is 0 Å². The zero-order chi connectivity index (χ0) is 8.93. The summed E-state index contributed by atoms with van der Waals surface area (Å²) in [5, 5.41) is 4.33. The zero-order valence-corrected chi connectivity index (χ0v) is 9.11. The van der Waals surface area contributed by atoms with Crippen LogP contribution in [0.1, 0.15) is 19.3 Å². The van der Waals surface area contributed by atoms with E-state index in [-0.39, 0.29) is 0 Å². The predicted molar refractivity (Wildman–Crippen MR) is 59.4 cm³/mol. The molecular formula is C10H20N2S. The normalized spacial score (nSPS) is 31.8. The summed E-state index contributed by atoms with van der Waals surface area (Å²) >= 11 is 2.15. The molecule has 0 spiro atoms. The minimum Gasteiger partial charge on any atom is -0.315 e. The van der Waals surface area contributed by atoms with Crippen molar-refractivity contribution < 1.29 is 0 Å². The Labute approximate surface area is 85.4 Å². The summed E-state index contributed by atoms with van der Waals surface area (Å²) < 4.78 is 0. The molecule has 2 aliphatic rings. The van der Waals surface area contributed by atoms with E-state index in [1.54, 1.807) is 0 Å². The number of likely N-dealkylation sites (tertiary alicyclic amines) is 1. The van der Waals surface area contributed by atoms with Crippen LogP contribution in [0.2, 0.25) is 0 Å². The third-order valence-corrected chi connectivity index (χ3v) is 4.14. The molecule has 0 aromatic heterocycles. The molecule has 2 fully saturated rings. The Morgan fingerprint density at radius 1 is 1.23 bits per heavy atom. The molecular weight excluding hydrogens is 180 g/mol. The minimum atomic E-state index is 0.854. The van der Waals surface area contributed by atoms with Crippen molar-refractivity contribution in [3.8, 4) is 0 Å². The van der Waals surface area contributed by atoms with Gasteiger partial charge in [-0.2, -0.15) is 11.8 Å². The van der Waals surface area contributed by atoms with Crippen molar-refractivity contribution in [2.45, 2.75) is 24.5 Å². The van der Waals surface area contributed by atoms with Crippen LogP contribution in [0.4, 0.5) is 0 Å². The second-order valence-corrected chi connectivity index (χ2v) is 5.47. The van der Waals surface area contributed by atoms with Gasteiger partial charge >= 0.3 is 0 Å². The first-order valence-electron chi connectivity index (χ1n) is 5.50. The lowest BCUT2D eigenvalue weighted by atomic mass is 10.1. The lowest BCUT2D eigenvalue weighted by molar-refractivity contribution is 0.228. The molecule has 0 aromatic rings. The van der Waals surface area contributed by atoms with E-state index in [0.717, 1.165) is 5.25 Å². The summed E-state index contributed by atoms with van der Waals surface area (Å²) in [7, 11) is 0. The van der Waals surface area contributed by atoms with Crippen molar-refractivity contribution in [3.05, 3.63) is 0 Å². The maximum atomic E-state index is 3.48. The van der Waals surface area contributed by atoms with Gasteiger partial charge in [0.2, 0.25) is 0 Å². The summed E-state index contributed by atoms with van der Waals surface area (Å²) in [6.07, 6.45) is 4.29. The van der Waals surface area contributed by atoms with E-state index in [9.17, 15) is 0 Å². The molecule has 0 radical (unpaired) electrons. The van der Waals surface area contributed by atoms with Crippen LogP contribution >= 0.6 is 11.8 Å². The fraction of sp³-hybridized carbons (Fsp3) is 1.00. The van der Waals surface area contributed by atoms with Crippen LogP contribution in [0.5, 0.6) is 0 Å². The van der Waals surface area contributed by atoms with E-state index in [2.05, 4.69) is 22.0 Å². The Morgan fingerprint density at radius 3 is 2.77 bits per heavy atom. The number of nitrogens with one attached hydrogen (secondary N) is 1. The summed E-state index contributed by atoms with van der Waals surface area (Å²) in [6, 6.07) is 0. The zero-order valence-electron chi connectivity index (χ0n) is 8.30.